The lowest BCUT2D eigenvalue weighted by Crippen LogP contribution is -2.36. The zero-order valence-corrected chi connectivity index (χ0v) is 20.7. The molecule has 0 aliphatic carbocycles. The van der Waals surface area contributed by atoms with Gasteiger partial charge in [-0.1, -0.05) is 12.1 Å². The minimum absolute atomic E-state index is 0.0475. The van der Waals surface area contributed by atoms with Gasteiger partial charge in [-0.05, 0) is 38.1 Å². The van der Waals surface area contributed by atoms with Crippen LogP contribution in [0.2, 0.25) is 0 Å². The number of para-hydroxylation sites is 1. The fraction of sp³-hybridized carbons (Fsp3) is 0.231. The number of hydrogen-bond acceptors (Lipinski definition) is 6. The van der Waals surface area contributed by atoms with Crippen molar-refractivity contribution in [1.82, 2.24) is 19.6 Å². The molecular weight excluding hydrogens is 522 g/mol. The first-order valence-electron chi connectivity index (χ1n) is 11.6. The van der Waals surface area contributed by atoms with Crippen LogP contribution in [0.5, 0.6) is 11.5 Å². The van der Waals surface area contributed by atoms with Gasteiger partial charge in [-0.3, -0.25) is 14.3 Å². The molecule has 1 amide bonds. The standard InChI is InChI=1S/C26H23F4N5O4/c1-26(2,38)14-34-10-9-22(33-34)32-25(37)21(12-16-17(27)5-3-6-18(16)28)35-23(36)11-15(13-31-35)39-24-19(29)7-4-8-20(24)30/h3-11,13,21,38H,12,14H2,1-2H3,(H,32,33,37)/t21-/m1/s1. The summed E-state index contributed by atoms with van der Waals surface area (Å²) in [7, 11) is 0. The van der Waals surface area contributed by atoms with E-state index in [1.807, 2.05) is 0 Å². The summed E-state index contributed by atoms with van der Waals surface area (Å²) >= 11 is 0. The monoisotopic (exact) mass is 545 g/mol. The molecule has 0 bridgehead atoms. The van der Waals surface area contributed by atoms with Crippen molar-refractivity contribution in [3.05, 3.63) is 100 Å². The molecule has 1 atom stereocenters. The molecule has 4 rings (SSSR count). The molecule has 0 fully saturated rings. The average molecular weight is 545 g/mol. The highest BCUT2D eigenvalue weighted by Crippen LogP contribution is 2.27. The smallest absolute Gasteiger partial charge is 0.271 e. The van der Waals surface area contributed by atoms with Crippen LogP contribution in [0.3, 0.4) is 0 Å². The van der Waals surface area contributed by atoms with Gasteiger partial charge in [0.25, 0.3) is 11.5 Å². The Hall–Kier alpha value is -4.52. The molecule has 39 heavy (non-hydrogen) atoms. The number of carbonyl (C=O) groups excluding carboxylic acids is 1. The summed E-state index contributed by atoms with van der Waals surface area (Å²) in [6.07, 6.45) is 1.82. The number of nitrogens with zero attached hydrogens (tertiary/aromatic N) is 4. The van der Waals surface area contributed by atoms with Crippen molar-refractivity contribution in [1.29, 1.82) is 0 Å². The van der Waals surface area contributed by atoms with Crippen molar-refractivity contribution in [2.24, 2.45) is 0 Å². The van der Waals surface area contributed by atoms with E-state index >= 15 is 0 Å². The molecular formula is C26H23F4N5O4. The van der Waals surface area contributed by atoms with E-state index in [-0.39, 0.29) is 18.1 Å². The van der Waals surface area contributed by atoms with Gasteiger partial charge in [0.15, 0.2) is 29.0 Å². The summed E-state index contributed by atoms with van der Waals surface area (Å²) in [6.45, 7) is 3.24. The van der Waals surface area contributed by atoms with Crippen LogP contribution in [0.15, 0.2) is 65.7 Å². The van der Waals surface area contributed by atoms with Gasteiger partial charge in [-0.15, -0.1) is 0 Å². The van der Waals surface area contributed by atoms with Gasteiger partial charge in [0.1, 0.15) is 17.7 Å². The second-order valence-electron chi connectivity index (χ2n) is 9.25. The van der Waals surface area contributed by atoms with Crippen LogP contribution in [-0.4, -0.2) is 36.2 Å². The van der Waals surface area contributed by atoms with Crippen molar-refractivity contribution in [3.8, 4) is 11.5 Å². The Morgan fingerprint density at radius 1 is 1.05 bits per heavy atom. The molecule has 0 aliphatic rings. The van der Waals surface area contributed by atoms with E-state index in [1.165, 1.54) is 16.9 Å². The molecule has 2 N–H and O–H groups in total. The van der Waals surface area contributed by atoms with Crippen LogP contribution < -0.4 is 15.6 Å². The molecule has 9 nitrogen and oxygen atoms in total. The Bertz CT molecular complexity index is 1520. The number of benzene rings is 2. The van der Waals surface area contributed by atoms with Crippen molar-refractivity contribution < 1.29 is 32.2 Å². The first kappa shape index (κ1) is 27.5. The third-order valence-corrected chi connectivity index (χ3v) is 5.44. The maximum absolute atomic E-state index is 14.5. The minimum atomic E-state index is -1.57. The summed E-state index contributed by atoms with van der Waals surface area (Å²) in [6, 6.07) is 6.89. The quantitative estimate of drug-likeness (QED) is 0.308. The number of aliphatic hydroxyl groups is 1. The molecule has 204 valence electrons. The Morgan fingerprint density at radius 2 is 1.67 bits per heavy atom. The topological polar surface area (TPSA) is 111 Å². The van der Waals surface area contributed by atoms with Crippen molar-refractivity contribution >= 4 is 11.7 Å². The molecule has 13 heteroatoms. The number of hydrogen-bond donors (Lipinski definition) is 2. The van der Waals surface area contributed by atoms with Crippen LogP contribution >= 0.6 is 0 Å². The highest BCUT2D eigenvalue weighted by Gasteiger charge is 2.27. The highest BCUT2D eigenvalue weighted by molar-refractivity contribution is 5.93. The van der Waals surface area contributed by atoms with Crippen molar-refractivity contribution in [2.45, 2.75) is 38.5 Å². The molecule has 2 heterocycles. The van der Waals surface area contributed by atoms with Gasteiger partial charge >= 0.3 is 0 Å². The van der Waals surface area contributed by atoms with Gasteiger partial charge in [0.2, 0.25) is 0 Å². The average Bonchev–Trinajstić information content (AvgIpc) is 3.27. The third-order valence-electron chi connectivity index (χ3n) is 5.44. The molecule has 4 aromatic rings. The van der Waals surface area contributed by atoms with E-state index in [1.54, 1.807) is 13.8 Å². The van der Waals surface area contributed by atoms with Crippen molar-refractivity contribution in [3.63, 3.8) is 0 Å². The number of nitrogens with one attached hydrogen (secondary N) is 1. The molecule has 2 aromatic carbocycles. The van der Waals surface area contributed by atoms with Gasteiger partial charge in [0, 0.05) is 30.3 Å². The molecule has 0 radical (unpaired) electrons. The first-order chi connectivity index (χ1) is 18.4. The van der Waals surface area contributed by atoms with Gasteiger partial charge in [-0.25, -0.2) is 22.2 Å². The Labute approximate surface area is 219 Å². The van der Waals surface area contributed by atoms with Crippen molar-refractivity contribution in [2.75, 3.05) is 5.32 Å². The predicted molar refractivity (Wildman–Crippen MR) is 131 cm³/mol. The number of anilines is 1. The largest absolute Gasteiger partial charge is 0.449 e. The summed E-state index contributed by atoms with van der Waals surface area (Å²) in [4.78, 5) is 26.2. The van der Waals surface area contributed by atoms with E-state index < -0.39 is 64.1 Å². The fourth-order valence-corrected chi connectivity index (χ4v) is 3.72. The maximum atomic E-state index is 14.5. The number of aromatic nitrogens is 4. The Morgan fingerprint density at radius 3 is 2.26 bits per heavy atom. The van der Waals surface area contributed by atoms with Gasteiger partial charge < -0.3 is 15.2 Å². The molecule has 0 saturated carbocycles. The number of amides is 1. The lowest BCUT2D eigenvalue weighted by Gasteiger charge is -2.19. The summed E-state index contributed by atoms with van der Waals surface area (Å²) in [5, 5.41) is 20.5. The van der Waals surface area contributed by atoms with Crippen LogP contribution in [-0.2, 0) is 17.8 Å². The molecule has 0 aliphatic heterocycles. The molecule has 0 saturated heterocycles. The zero-order chi connectivity index (χ0) is 28.3. The van der Waals surface area contributed by atoms with E-state index in [9.17, 15) is 32.3 Å². The fourth-order valence-electron chi connectivity index (χ4n) is 3.72. The van der Waals surface area contributed by atoms with E-state index in [2.05, 4.69) is 15.5 Å². The van der Waals surface area contributed by atoms with Gasteiger partial charge in [-0.2, -0.15) is 10.2 Å². The Kier molecular flexibility index (Phi) is 7.81. The van der Waals surface area contributed by atoms with E-state index in [4.69, 9.17) is 4.74 Å². The summed E-state index contributed by atoms with van der Waals surface area (Å²) in [5.41, 5.74) is -2.51. The first-order valence-corrected chi connectivity index (χ1v) is 11.6. The summed E-state index contributed by atoms with van der Waals surface area (Å²) in [5.74, 6) is -5.84. The van der Waals surface area contributed by atoms with Crippen LogP contribution in [0.25, 0.3) is 0 Å². The second-order valence-corrected chi connectivity index (χ2v) is 9.25. The van der Waals surface area contributed by atoms with Crippen LogP contribution in [0, 0.1) is 23.3 Å². The molecule has 0 unspecified atom stereocenters. The predicted octanol–water partition coefficient (Wildman–Crippen LogP) is 3.98. The zero-order valence-electron chi connectivity index (χ0n) is 20.7. The number of halogens is 4. The maximum Gasteiger partial charge on any atom is 0.271 e. The third kappa shape index (κ3) is 6.68. The lowest BCUT2D eigenvalue weighted by molar-refractivity contribution is -0.119. The lowest BCUT2D eigenvalue weighted by atomic mass is 10.0. The number of carbonyl (C=O) groups is 1. The normalized spacial score (nSPS) is 12.3. The second kappa shape index (κ2) is 11.1. The highest BCUT2D eigenvalue weighted by atomic mass is 19.1. The number of rotatable bonds is 9. The minimum Gasteiger partial charge on any atom is -0.449 e. The van der Waals surface area contributed by atoms with Gasteiger partial charge in [0.05, 0.1) is 18.3 Å². The SMILES string of the molecule is CC(C)(O)Cn1ccc(NC(=O)[C@@H](Cc2c(F)cccc2F)n2ncc(Oc3c(F)cccc3F)cc2=O)n1. The van der Waals surface area contributed by atoms with E-state index in [0.717, 1.165) is 48.7 Å². The van der Waals surface area contributed by atoms with Crippen LogP contribution in [0.1, 0.15) is 25.5 Å². The Balaban J connectivity index is 1.66. The summed E-state index contributed by atoms with van der Waals surface area (Å²) < 4.78 is 64.0. The molecule has 0 spiro atoms. The molecule has 2 aromatic heterocycles. The van der Waals surface area contributed by atoms with Crippen LogP contribution in [0.4, 0.5) is 23.4 Å². The number of ether oxygens (including phenoxy) is 1. The van der Waals surface area contributed by atoms with E-state index in [0.29, 0.717) is 4.68 Å².